The Hall–Kier alpha value is -2.52. The normalized spacial score (nSPS) is 20.2. The van der Waals surface area contributed by atoms with Crippen LogP contribution in [0.3, 0.4) is 0 Å². The van der Waals surface area contributed by atoms with Gasteiger partial charge < -0.3 is 10.2 Å². The molecular formula is C25H29N3O4S2. The molecule has 3 aliphatic rings. The summed E-state index contributed by atoms with van der Waals surface area (Å²) >= 11 is 1.48. The van der Waals surface area contributed by atoms with Gasteiger partial charge in [0.1, 0.15) is 0 Å². The number of aryl methyl sites for hydroxylation is 1. The van der Waals surface area contributed by atoms with Crippen molar-refractivity contribution in [3.8, 4) is 0 Å². The maximum absolute atomic E-state index is 13.2. The Balaban J connectivity index is 1.33. The summed E-state index contributed by atoms with van der Waals surface area (Å²) in [5, 5.41) is 2.87. The molecular weight excluding hydrogens is 470 g/mol. The van der Waals surface area contributed by atoms with Crippen LogP contribution in [-0.4, -0.2) is 44.0 Å². The Morgan fingerprint density at radius 1 is 1.09 bits per heavy atom. The monoisotopic (exact) mass is 499 g/mol. The lowest BCUT2D eigenvalue weighted by Crippen LogP contribution is -2.33. The summed E-state index contributed by atoms with van der Waals surface area (Å²) < 4.78 is 29.2. The highest BCUT2D eigenvalue weighted by Crippen LogP contribution is 2.36. The molecule has 0 saturated carbocycles. The SMILES string of the molecule is O=C1Nc2cc(S(=O)(=O)Nc3cccc4c3CCCC4)ccc2SC[C@@H]1CC(=O)N1CCCC1. The van der Waals surface area contributed by atoms with Crippen LogP contribution in [0.1, 0.15) is 43.2 Å². The van der Waals surface area contributed by atoms with Crippen LogP contribution in [-0.2, 0) is 32.5 Å². The van der Waals surface area contributed by atoms with E-state index in [9.17, 15) is 18.0 Å². The van der Waals surface area contributed by atoms with E-state index in [1.807, 2.05) is 17.0 Å². The first kappa shape index (κ1) is 23.2. The van der Waals surface area contributed by atoms with Crippen molar-refractivity contribution in [3.05, 3.63) is 47.5 Å². The summed E-state index contributed by atoms with van der Waals surface area (Å²) in [6.07, 6.45) is 6.21. The second-order valence-corrected chi connectivity index (χ2v) is 11.9. The molecule has 180 valence electrons. The Bertz CT molecular complexity index is 1220. The quantitative estimate of drug-likeness (QED) is 0.647. The molecule has 2 N–H and O–H groups in total. The van der Waals surface area contributed by atoms with Gasteiger partial charge in [0.25, 0.3) is 10.0 Å². The van der Waals surface area contributed by atoms with Crippen LogP contribution in [0.25, 0.3) is 0 Å². The molecule has 0 radical (unpaired) electrons. The van der Waals surface area contributed by atoms with E-state index in [4.69, 9.17) is 0 Å². The lowest BCUT2D eigenvalue weighted by molar-refractivity contribution is -0.133. The highest BCUT2D eigenvalue weighted by Gasteiger charge is 2.30. The molecule has 2 amide bonds. The molecule has 2 aromatic carbocycles. The third-order valence-electron chi connectivity index (χ3n) is 6.85. The number of rotatable bonds is 5. The molecule has 1 atom stereocenters. The molecule has 0 aromatic heterocycles. The number of benzene rings is 2. The van der Waals surface area contributed by atoms with E-state index >= 15 is 0 Å². The molecule has 1 aliphatic carbocycles. The van der Waals surface area contributed by atoms with Crippen LogP contribution in [0.4, 0.5) is 11.4 Å². The number of nitrogens with one attached hydrogen (secondary N) is 2. The molecule has 1 saturated heterocycles. The summed E-state index contributed by atoms with van der Waals surface area (Å²) in [4.78, 5) is 28.2. The van der Waals surface area contributed by atoms with Gasteiger partial charge >= 0.3 is 0 Å². The summed E-state index contributed by atoms with van der Waals surface area (Å²) in [7, 11) is -3.82. The summed E-state index contributed by atoms with van der Waals surface area (Å²) in [6.45, 7) is 1.53. The Labute approximate surface area is 204 Å². The topological polar surface area (TPSA) is 95.6 Å². The predicted octanol–water partition coefficient (Wildman–Crippen LogP) is 4.04. The van der Waals surface area contributed by atoms with Crippen LogP contribution in [0.5, 0.6) is 0 Å². The van der Waals surface area contributed by atoms with Crippen molar-refractivity contribution in [1.82, 2.24) is 4.90 Å². The largest absolute Gasteiger partial charge is 0.343 e. The van der Waals surface area contributed by atoms with Gasteiger partial charge in [0.2, 0.25) is 11.8 Å². The lowest BCUT2D eigenvalue weighted by atomic mass is 9.91. The van der Waals surface area contributed by atoms with Gasteiger partial charge in [0, 0.05) is 30.2 Å². The molecule has 34 heavy (non-hydrogen) atoms. The number of nitrogens with zero attached hydrogens (tertiary/aromatic N) is 1. The summed E-state index contributed by atoms with van der Waals surface area (Å²) in [5.74, 6) is -0.181. The van der Waals surface area contributed by atoms with Crippen LogP contribution in [0.15, 0.2) is 46.2 Å². The number of hydrogen-bond acceptors (Lipinski definition) is 5. The third-order valence-corrected chi connectivity index (χ3v) is 9.45. The number of anilines is 2. The van der Waals surface area contributed by atoms with E-state index in [0.29, 0.717) is 17.1 Å². The van der Waals surface area contributed by atoms with Gasteiger partial charge in [0.05, 0.1) is 22.2 Å². The molecule has 0 spiro atoms. The first-order valence-corrected chi connectivity index (χ1v) is 14.4. The fraction of sp³-hybridized carbons (Fsp3) is 0.440. The number of carbonyl (C=O) groups excluding carboxylic acids is 2. The van der Waals surface area contributed by atoms with E-state index < -0.39 is 15.9 Å². The number of sulfonamides is 1. The molecule has 0 unspecified atom stereocenters. The zero-order chi connectivity index (χ0) is 23.7. The van der Waals surface area contributed by atoms with Crippen molar-refractivity contribution in [2.75, 3.05) is 28.9 Å². The zero-order valence-corrected chi connectivity index (χ0v) is 20.6. The van der Waals surface area contributed by atoms with Gasteiger partial charge in [-0.25, -0.2) is 8.42 Å². The molecule has 2 heterocycles. The fourth-order valence-corrected chi connectivity index (χ4v) is 7.14. The van der Waals surface area contributed by atoms with Crippen molar-refractivity contribution in [2.45, 2.75) is 54.7 Å². The third kappa shape index (κ3) is 4.81. The second kappa shape index (κ2) is 9.62. The lowest BCUT2D eigenvalue weighted by Gasteiger charge is -2.20. The van der Waals surface area contributed by atoms with Crippen molar-refractivity contribution in [3.63, 3.8) is 0 Å². The van der Waals surface area contributed by atoms with Crippen molar-refractivity contribution >= 4 is 45.0 Å². The van der Waals surface area contributed by atoms with E-state index in [1.54, 1.807) is 12.1 Å². The van der Waals surface area contributed by atoms with Crippen LogP contribution >= 0.6 is 11.8 Å². The minimum absolute atomic E-state index is 0.0165. The fourth-order valence-electron chi connectivity index (χ4n) is 4.94. The van der Waals surface area contributed by atoms with Gasteiger partial charge in [-0.05, 0) is 73.9 Å². The Kier molecular flexibility index (Phi) is 6.57. The molecule has 9 heteroatoms. The summed E-state index contributed by atoms with van der Waals surface area (Å²) in [6, 6.07) is 10.6. The van der Waals surface area contributed by atoms with E-state index in [2.05, 4.69) is 16.1 Å². The number of thioether (sulfide) groups is 1. The maximum Gasteiger partial charge on any atom is 0.261 e. The predicted molar refractivity (Wildman–Crippen MR) is 134 cm³/mol. The first-order chi connectivity index (χ1) is 16.4. The van der Waals surface area contributed by atoms with Gasteiger partial charge in [-0.3, -0.25) is 14.3 Å². The minimum atomic E-state index is -3.82. The number of hydrogen-bond donors (Lipinski definition) is 2. The molecule has 2 aliphatic heterocycles. The van der Waals surface area contributed by atoms with Gasteiger partial charge in [-0.2, -0.15) is 0 Å². The number of likely N-dealkylation sites (tertiary alicyclic amines) is 1. The summed E-state index contributed by atoms with van der Waals surface area (Å²) in [5.41, 5.74) is 3.38. The van der Waals surface area contributed by atoms with Crippen molar-refractivity contribution in [2.24, 2.45) is 5.92 Å². The second-order valence-electron chi connectivity index (χ2n) is 9.20. The zero-order valence-electron chi connectivity index (χ0n) is 19.0. The minimum Gasteiger partial charge on any atom is -0.343 e. The molecule has 7 nitrogen and oxygen atoms in total. The van der Waals surface area contributed by atoms with Crippen LogP contribution in [0.2, 0.25) is 0 Å². The average Bonchev–Trinajstić information content (AvgIpc) is 3.32. The van der Waals surface area contributed by atoms with E-state index in [1.165, 1.54) is 23.4 Å². The van der Waals surface area contributed by atoms with Crippen molar-refractivity contribution in [1.29, 1.82) is 0 Å². The van der Waals surface area contributed by atoms with Gasteiger partial charge in [0.15, 0.2) is 0 Å². The average molecular weight is 500 g/mol. The Morgan fingerprint density at radius 2 is 1.88 bits per heavy atom. The molecule has 0 bridgehead atoms. The van der Waals surface area contributed by atoms with Crippen molar-refractivity contribution < 1.29 is 18.0 Å². The number of amides is 2. The highest BCUT2D eigenvalue weighted by molar-refractivity contribution is 7.99. The maximum atomic E-state index is 13.2. The van der Waals surface area contributed by atoms with E-state index in [-0.39, 0.29) is 23.1 Å². The van der Waals surface area contributed by atoms with Gasteiger partial charge in [-0.1, -0.05) is 12.1 Å². The molecule has 2 aromatic rings. The number of carbonyl (C=O) groups is 2. The number of fused-ring (bicyclic) bond motifs is 2. The first-order valence-electron chi connectivity index (χ1n) is 11.9. The molecule has 5 rings (SSSR count). The Morgan fingerprint density at radius 3 is 2.71 bits per heavy atom. The molecule has 1 fully saturated rings. The highest BCUT2D eigenvalue weighted by atomic mass is 32.2. The smallest absolute Gasteiger partial charge is 0.261 e. The standard InChI is InChI=1S/C25H29N3O4S2/c29-24(28-12-3-4-13-28)14-18-16-33-23-11-10-19(15-22(23)26-25(18)30)34(31,32)27-21-9-5-7-17-6-1-2-8-20(17)21/h5,7,9-11,15,18,27H,1-4,6,8,12-14,16H2,(H,26,30)/t18-/m0/s1. The van der Waals surface area contributed by atoms with Gasteiger partial charge in [-0.15, -0.1) is 11.8 Å². The van der Waals surface area contributed by atoms with Crippen LogP contribution < -0.4 is 10.0 Å². The van der Waals surface area contributed by atoms with Crippen LogP contribution in [0, 0.1) is 5.92 Å². The van der Waals surface area contributed by atoms with E-state index in [0.717, 1.165) is 62.1 Å².